The predicted molar refractivity (Wildman–Crippen MR) is 88.4 cm³/mol. The van der Waals surface area contributed by atoms with Gasteiger partial charge in [0, 0.05) is 10.5 Å². The molecule has 0 aliphatic rings. The molecule has 0 saturated carbocycles. The van der Waals surface area contributed by atoms with Crippen LogP contribution in [0.4, 0.5) is 4.39 Å². The lowest BCUT2D eigenvalue weighted by Crippen LogP contribution is -2.37. The van der Waals surface area contributed by atoms with E-state index in [1.54, 1.807) is 6.07 Å². The van der Waals surface area contributed by atoms with E-state index in [-0.39, 0.29) is 11.9 Å². The Labute approximate surface area is 133 Å². The van der Waals surface area contributed by atoms with Gasteiger partial charge in [0.05, 0.1) is 0 Å². The molecule has 0 aliphatic carbocycles. The van der Waals surface area contributed by atoms with Crippen molar-refractivity contribution in [2.75, 3.05) is 0 Å². The molecular weight excluding hydrogens is 331 g/mol. The first kappa shape index (κ1) is 16.1. The van der Waals surface area contributed by atoms with E-state index in [0.29, 0.717) is 12.0 Å². The van der Waals surface area contributed by atoms with Gasteiger partial charge in [-0.2, -0.15) is 0 Å². The van der Waals surface area contributed by atoms with Crippen molar-refractivity contribution in [2.45, 2.75) is 32.2 Å². The number of rotatable bonds is 6. The van der Waals surface area contributed by atoms with Crippen LogP contribution in [0.25, 0.3) is 0 Å². The normalized spacial score (nSPS) is 12.4. The standard InChI is InChI=1S/C17H20BrFN2/c1-12-3-2-4-13(9-12)5-7-16(21-20)11-14-10-15(18)6-8-17(14)19/h2-4,6,8-10,16,21H,5,7,11,20H2,1H3. The molecule has 0 fully saturated rings. The Hall–Kier alpha value is -1.23. The zero-order valence-electron chi connectivity index (χ0n) is 12.1. The van der Waals surface area contributed by atoms with Crippen LogP contribution in [0, 0.1) is 12.7 Å². The van der Waals surface area contributed by atoms with Crippen LogP contribution < -0.4 is 11.3 Å². The number of hydrazine groups is 1. The smallest absolute Gasteiger partial charge is 0.126 e. The fraction of sp³-hybridized carbons (Fsp3) is 0.294. The van der Waals surface area contributed by atoms with Crippen LogP contribution in [0.2, 0.25) is 0 Å². The lowest BCUT2D eigenvalue weighted by Gasteiger charge is -2.16. The highest BCUT2D eigenvalue weighted by Crippen LogP contribution is 2.18. The molecule has 4 heteroatoms. The maximum absolute atomic E-state index is 13.8. The third-order valence-corrected chi connectivity index (χ3v) is 4.07. The molecule has 2 aromatic carbocycles. The summed E-state index contributed by atoms with van der Waals surface area (Å²) in [7, 11) is 0. The van der Waals surface area contributed by atoms with Crippen LogP contribution in [-0.4, -0.2) is 6.04 Å². The van der Waals surface area contributed by atoms with E-state index in [1.807, 2.05) is 6.07 Å². The van der Waals surface area contributed by atoms with E-state index in [1.165, 1.54) is 17.2 Å². The highest BCUT2D eigenvalue weighted by Gasteiger charge is 2.12. The monoisotopic (exact) mass is 350 g/mol. The minimum absolute atomic E-state index is 0.0503. The first-order valence-corrected chi connectivity index (χ1v) is 7.83. The average Bonchev–Trinajstić information content (AvgIpc) is 2.47. The molecule has 0 aromatic heterocycles. The highest BCUT2D eigenvalue weighted by atomic mass is 79.9. The van der Waals surface area contributed by atoms with E-state index in [4.69, 9.17) is 5.84 Å². The van der Waals surface area contributed by atoms with Crippen molar-refractivity contribution in [2.24, 2.45) is 5.84 Å². The van der Waals surface area contributed by atoms with Crippen molar-refractivity contribution in [3.8, 4) is 0 Å². The second kappa shape index (κ2) is 7.69. The maximum Gasteiger partial charge on any atom is 0.126 e. The van der Waals surface area contributed by atoms with Crippen molar-refractivity contribution < 1.29 is 4.39 Å². The fourth-order valence-corrected chi connectivity index (χ4v) is 2.83. The zero-order valence-corrected chi connectivity index (χ0v) is 13.7. The molecule has 0 radical (unpaired) electrons. The molecule has 1 unspecified atom stereocenters. The third-order valence-electron chi connectivity index (χ3n) is 3.57. The minimum atomic E-state index is -0.186. The summed E-state index contributed by atoms with van der Waals surface area (Å²) in [5.41, 5.74) is 6.01. The van der Waals surface area contributed by atoms with Crippen molar-refractivity contribution in [3.05, 3.63) is 69.4 Å². The van der Waals surface area contributed by atoms with Crippen LogP contribution in [0.15, 0.2) is 46.9 Å². The van der Waals surface area contributed by atoms with Crippen LogP contribution in [0.3, 0.4) is 0 Å². The third kappa shape index (κ3) is 4.92. The Morgan fingerprint density at radius 2 is 2.05 bits per heavy atom. The van der Waals surface area contributed by atoms with Gasteiger partial charge in [0.15, 0.2) is 0 Å². The average molecular weight is 351 g/mol. The molecule has 2 nitrogen and oxygen atoms in total. The maximum atomic E-state index is 13.8. The largest absolute Gasteiger partial charge is 0.271 e. The van der Waals surface area contributed by atoms with Gasteiger partial charge in [0.2, 0.25) is 0 Å². The van der Waals surface area contributed by atoms with Crippen molar-refractivity contribution in [3.63, 3.8) is 0 Å². The second-order valence-electron chi connectivity index (χ2n) is 5.33. The molecule has 2 aromatic rings. The summed E-state index contributed by atoms with van der Waals surface area (Å²) < 4.78 is 14.7. The Morgan fingerprint density at radius 1 is 1.24 bits per heavy atom. The highest BCUT2D eigenvalue weighted by molar-refractivity contribution is 9.10. The summed E-state index contributed by atoms with van der Waals surface area (Å²) >= 11 is 3.37. The molecule has 0 spiro atoms. The topological polar surface area (TPSA) is 38.0 Å². The molecule has 2 rings (SSSR count). The number of benzene rings is 2. The Balaban J connectivity index is 1.98. The van der Waals surface area contributed by atoms with Gasteiger partial charge in [0.25, 0.3) is 0 Å². The van der Waals surface area contributed by atoms with Crippen LogP contribution >= 0.6 is 15.9 Å². The molecule has 1 atom stereocenters. The van der Waals surface area contributed by atoms with Crippen molar-refractivity contribution in [1.29, 1.82) is 0 Å². The van der Waals surface area contributed by atoms with Gasteiger partial charge in [0.1, 0.15) is 5.82 Å². The summed E-state index contributed by atoms with van der Waals surface area (Å²) in [5, 5.41) is 0. The number of aryl methyl sites for hydroxylation is 2. The van der Waals surface area contributed by atoms with Gasteiger partial charge >= 0.3 is 0 Å². The Bertz CT molecular complexity index is 601. The van der Waals surface area contributed by atoms with E-state index in [0.717, 1.165) is 17.3 Å². The van der Waals surface area contributed by atoms with Crippen LogP contribution in [0.5, 0.6) is 0 Å². The summed E-state index contributed by atoms with van der Waals surface area (Å²) in [5.74, 6) is 5.43. The van der Waals surface area contributed by atoms with Gasteiger partial charge in [-0.1, -0.05) is 45.8 Å². The molecule has 112 valence electrons. The SMILES string of the molecule is Cc1cccc(CCC(Cc2cc(Br)ccc2F)NN)c1. The minimum Gasteiger partial charge on any atom is -0.271 e. The zero-order chi connectivity index (χ0) is 15.2. The molecular formula is C17H20BrFN2. The lowest BCUT2D eigenvalue weighted by molar-refractivity contribution is 0.480. The molecule has 3 N–H and O–H groups in total. The van der Waals surface area contributed by atoms with Crippen LogP contribution in [0.1, 0.15) is 23.1 Å². The first-order chi connectivity index (χ1) is 10.1. The number of hydrogen-bond donors (Lipinski definition) is 2. The summed E-state index contributed by atoms with van der Waals surface area (Å²) in [6, 6.07) is 13.5. The van der Waals surface area contributed by atoms with E-state index >= 15 is 0 Å². The summed E-state index contributed by atoms with van der Waals surface area (Å²) in [6.07, 6.45) is 2.37. The Kier molecular flexibility index (Phi) is 5.91. The van der Waals surface area contributed by atoms with Crippen molar-refractivity contribution >= 4 is 15.9 Å². The van der Waals surface area contributed by atoms with Gasteiger partial charge in [-0.15, -0.1) is 0 Å². The van der Waals surface area contributed by atoms with E-state index < -0.39 is 0 Å². The number of nitrogens with two attached hydrogens (primary N) is 1. The van der Waals surface area contributed by atoms with Crippen LogP contribution in [-0.2, 0) is 12.8 Å². The van der Waals surface area contributed by atoms with E-state index in [2.05, 4.69) is 52.5 Å². The van der Waals surface area contributed by atoms with E-state index in [9.17, 15) is 4.39 Å². The summed E-state index contributed by atoms with van der Waals surface area (Å²) in [6.45, 7) is 2.08. The number of nitrogens with one attached hydrogen (secondary N) is 1. The molecule has 0 heterocycles. The number of halogens is 2. The summed E-state index contributed by atoms with van der Waals surface area (Å²) in [4.78, 5) is 0. The molecule has 0 aliphatic heterocycles. The lowest BCUT2D eigenvalue weighted by atomic mass is 9.98. The molecule has 0 bridgehead atoms. The van der Waals surface area contributed by atoms with Crippen molar-refractivity contribution in [1.82, 2.24) is 5.43 Å². The first-order valence-electron chi connectivity index (χ1n) is 7.04. The Morgan fingerprint density at radius 3 is 2.76 bits per heavy atom. The molecule has 21 heavy (non-hydrogen) atoms. The molecule has 0 amide bonds. The predicted octanol–water partition coefficient (Wildman–Crippen LogP) is 3.90. The van der Waals surface area contributed by atoms with Gasteiger partial charge in [-0.05, 0) is 55.5 Å². The van der Waals surface area contributed by atoms with Gasteiger partial charge in [-0.25, -0.2) is 4.39 Å². The molecule has 0 saturated heterocycles. The quantitative estimate of drug-likeness (QED) is 0.612. The fourth-order valence-electron chi connectivity index (χ4n) is 2.42. The van der Waals surface area contributed by atoms with Gasteiger partial charge in [-0.3, -0.25) is 11.3 Å². The van der Waals surface area contributed by atoms with Gasteiger partial charge < -0.3 is 0 Å². The number of hydrogen-bond acceptors (Lipinski definition) is 2. The second-order valence-corrected chi connectivity index (χ2v) is 6.25.